The third-order valence-electron chi connectivity index (χ3n) is 7.21. The molecule has 3 heterocycles. The van der Waals surface area contributed by atoms with Gasteiger partial charge in [0.05, 0.1) is 19.3 Å². The second-order valence-corrected chi connectivity index (χ2v) is 17.8. The molecule has 0 radical (unpaired) electrons. The summed E-state index contributed by atoms with van der Waals surface area (Å²) in [6.45, 7) is 7.29. The molecule has 2 aliphatic heterocycles. The van der Waals surface area contributed by atoms with Gasteiger partial charge in [0.25, 0.3) is 11.8 Å². The van der Waals surface area contributed by atoms with Crippen LogP contribution in [0.3, 0.4) is 0 Å². The number of hydrogen-bond acceptors (Lipinski definition) is 8. The number of hydrogen-bond donors (Lipinski definition) is 2. The van der Waals surface area contributed by atoms with Crippen LogP contribution in [0.5, 0.6) is 5.75 Å². The smallest absolute Gasteiger partial charge is 0.327 e. The molecule has 2 aromatic carbocycles. The summed E-state index contributed by atoms with van der Waals surface area (Å²) in [6.07, 6.45) is 0. The lowest BCUT2D eigenvalue weighted by Gasteiger charge is -2.32. The third-order valence-corrected chi connectivity index (χ3v) is 9.59. The number of nitrogens with one attached hydrogen (secondary N) is 1. The summed E-state index contributed by atoms with van der Waals surface area (Å²) in [5, 5.41) is 5.23. The van der Waals surface area contributed by atoms with Gasteiger partial charge < -0.3 is 25.4 Å². The van der Waals surface area contributed by atoms with E-state index < -0.39 is 25.6 Å². The zero-order chi connectivity index (χ0) is 28.7. The molecule has 12 heteroatoms. The van der Waals surface area contributed by atoms with E-state index in [4.69, 9.17) is 15.2 Å². The minimum atomic E-state index is -1.49. The van der Waals surface area contributed by atoms with Crippen molar-refractivity contribution in [1.82, 2.24) is 20.1 Å². The van der Waals surface area contributed by atoms with Crippen LogP contribution in [0.2, 0.25) is 25.7 Å². The molecule has 10 nitrogen and oxygen atoms in total. The number of urea groups is 1. The average Bonchev–Trinajstić information content (AvgIpc) is 3.56. The number of thiazole rings is 1. The van der Waals surface area contributed by atoms with Crippen LogP contribution in [0, 0.1) is 0 Å². The Morgan fingerprint density at radius 2 is 1.88 bits per heavy atom. The number of methoxy groups -OCH3 is 1. The molecule has 1 unspecified atom stereocenters. The fourth-order valence-corrected chi connectivity index (χ4v) is 6.23. The molecule has 0 bridgehead atoms. The van der Waals surface area contributed by atoms with Gasteiger partial charge in [0.1, 0.15) is 12.5 Å². The standard InChI is InChI=1S/C28H33N5O5SSi/c1-37-21-10-7-19-14-32(24(34)22(19)13-21)16-28(20-8-5-18(6-9-20)23-15-39-26(29)30-23)25(35)33(27(36)31-28)17-38-11-12-40(2,3)4/h5-10,13,15H,11-12,14,16-17H2,1-4H3,(H2,29,30)(H,31,36). The van der Waals surface area contributed by atoms with E-state index >= 15 is 0 Å². The molecular formula is C28H33N5O5SSi. The van der Waals surface area contributed by atoms with Crippen molar-refractivity contribution >= 4 is 42.4 Å². The van der Waals surface area contributed by atoms with Crippen LogP contribution in [0.15, 0.2) is 47.8 Å². The first-order valence-electron chi connectivity index (χ1n) is 13.0. The highest BCUT2D eigenvalue weighted by atomic mass is 32.1. The predicted octanol–water partition coefficient (Wildman–Crippen LogP) is 4.12. The van der Waals surface area contributed by atoms with Crippen molar-refractivity contribution in [2.24, 2.45) is 0 Å². The number of fused-ring (bicyclic) bond motifs is 1. The van der Waals surface area contributed by atoms with Crippen molar-refractivity contribution in [3.05, 3.63) is 64.5 Å². The Balaban J connectivity index is 1.44. The number of nitrogen functional groups attached to an aromatic ring is 1. The molecule has 0 aliphatic carbocycles. The summed E-state index contributed by atoms with van der Waals surface area (Å²) < 4.78 is 11.1. The minimum Gasteiger partial charge on any atom is -0.497 e. The SMILES string of the molecule is COc1ccc2c(c1)C(=O)N(CC1(c3ccc(-c4csc(N)n4)cc3)NC(=O)N(COCC[Si](C)(C)C)C1=O)C2. The zero-order valence-corrected chi connectivity index (χ0v) is 24.8. The predicted molar refractivity (Wildman–Crippen MR) is 156 cm³/mol. The largest absolute Gasteiger partial charge is 0.497 e. The van der Waals surface area contributed by atoms with E-state index in [9.17, 15) is 14.4 Å². The number of imide groups is 1. The van der Waals surface area contributed by atoms with E-state index in [1.807, 2.05) is 23.6 Å². The summed E-state index contributed by atoms with van der Waals surface area (Å²) in [5.41, 5.74) is 7.78. The Morgan fingerprint density at radius 1 is 1.12 bits per heavy atom. The van der Waals surface area contributed by atoms with Crippen molar-refractivity contribution in [2.75, 3.05) is 32.7 Å². The summed E-state index contributed by atoms with van der Waals surface area (Å²) in [6, 6.07) is 13.0. The monoisotopic (exact) mass is 579 g/mol. The highest BCUT2D eigenvalue weighted by Crippen LogP contribution is 2.36. The normalized spacial score (nSPS) is 18.9. The molecule has 1 saturated heterocycles. The number of nitrogens with two attached hydrogens (primary N) is 1. The number of carbonyl (C=O) groups excluding carboxylic acids is 3. The van der Waals surface area contributed by atoms with Gasteiger partial charge in [0, 0.05) is 37.7 Å². The van der Waals surface area contributed by atoms with Crippen LogP contribution in [-0.2, 0) is 21.6 Å². The molecule has 1 atom stereocenters. The van der Waals surface area contributed by atoms with E-state index in [0.29, 0.717) is 35.2 Å². The van der Waals surface area contributed by atoms with E-state index in [-0.39, 0.29) is 19.2 Å². The van der Waals surface area contributed by atoms with Gasteiger partial charge >= 0.3 is 6.03 Å². The molecule has 0 saturated carbocycles. The Kier molecular flexibility index (Phi) is 7.42. The Morgan fingerprint density at radius 3 is 2.52 bits per heavy atom. The summed E-state index contributed by atoms with van der Waals surface area (Å²) in [7, 11) is 0.201. The quantitative estimate of drug-likeness (QED) is 0.210. The van der Waals surface area contributed by atoms with E-state index in [2.05, 4.69) is 29.9 Å². The fourth-order valence-electron chi connectivity index (χ4n) is 4.90. The lowest BCUT2D eigenvalue weighted by Crippen LogP contribution is -2.53. The number of ether oxygens (including phenoxy) is 2. The topological polar surface area (TPSA) is 127 Å². The molecule has 3 N–H and O–H groups in total. The molecule has 2 aliphatic rings. The van der Waals surface area contributed by atoms with Crippen LogP contribution in [-0.4, -0.2) is 67.7 Å². The Labute approximate surface area is 238 Å². The van der Waals surface area contributed by atoms with Gasteiger partial charge in [-0.15, -0.1) is 11.3 Å². The van der Waals surface area contributed by atoms with Crippen LogP contribution >= 0.6 is 11.3 Å². The number of carbonyl (C=O) groups is 3. The summed E-state index contributed by atoms with van der Waals surface area (Å²) in [4.78, 5) is 47.7. The van der Waals surface area contributed by atoms with Crippen molar-refractivity contribution in [3.63, 3.8) is 0 Å². The van der Waals surface area contributed by atoms with Gasteiger partial charge in [0.2, 0.25) is 0 Å². The number of anilines is 1. The summed E-state index contributed by atoms with van der Waals surface area (Å²) >= 11 is 1.34. The van der Waals surface area contributed by atoms with Gasteiger partial charge in [-0.05, 0) is 29.3 Å². The van der Waals surface area contributed by atoms with E-state index in [0.717, 1.165) is 27.8 Å². The molecule has 40 heavy (non-hydrogen) atoms. The lowest BCUT2D eigenvalue weighted by atomic mass is 9.88. The van der Waals surface area contributed by atoms with Crippen LogP contribution < -0.4 is 15.8 Å². The molecule has 0 spiro atoms. The number of amides is 4. The van der Waals surface area contributed by atoms with Crippen LogP contribution in [0.1, 0.15) is 21.5 Å². The molecule has 5 rings (SSSR count). The second kappa shape index (κ2) is 10.7. The van der Waals surface area contributed by atoms with Crippen molar-refractivity contribution in [3.8, 4) is 17.0 Å². The van der Waals surface area contributed by atoms with E-state index in [1.165, 1.54) is 11.3 Å². The highest BCUT2D eigenvalue weighted by Gasteiger charge is 2.54. The second-order valence-electron chi connectivity index (χ2n) is 11.2. The molecular weight excluding hydrogens is 546 g/mol. The summed E-state index contributed by atoms with van der Waals surface area (Å²) in [5.74, 6) is -0.110. The van der Waals surface area contributed by atoms with Gasteiger partial charge in [-0.25, -0.2) is 14.7 Å². The van der Waals surface area contributed by atoms with Gasteiger partial charge in [-0.1, -0.05) is 50.0 Å². The molecule has 210 valence electrons. The van der Waals surface area contributed by atoms with Gasteiger partial charge in [0.15, 0.2) is 10.7 Å². The number of nitrogens with zero attached hydrogens (tertiary/aromatic N) is 3. The zero-order valence-electron chi connectivity index (χ0n) is 23.0. The molecule has 1 aromatic heterocycles. The number of aromatic nitrogens is 1. The van der Waals surface area contributed by atoms with E-state index in [1.54, 1.807) is 36.3 Å². The maximum Gasteiger partial charge on any atom is 0.327 e. The van der Waals surface area contributed by atoms with Crippen LogP contribution in [0.4, 0.5) is 9.93 Å². The van der Waals surface area contributed by atoms with Crippen molar-refractivity contribution in [1.29, 1.82) is 0 Å². The number of rotatable bonds is 10. The fraction of sp³-hybridized carbons (Fsp3) is 0.357. The van der Waals surface area contributed by atoms with Crippen molar-refractivity contribution in [2.45, 2.75) is 37.8 Å². The van der Waals surface area contributed by atoms with Gasteiger partial charge in [-0.2, -0.15) is 0 Å². The molecule has 1 fully saturated rings. The lowest BCUT2D eigenvalue weighted by molar-refractivity contribution is -0.135. The Hall–Kier alpha value is -3.74. The molecule has 3 aromatic rings. The first kappa shape index (κ1) is 27.8. The minimum absolute atomic E-state index is 0.0399. The highest BCUT2D eigenvalue weighted by molar-refractivity contribution is 7.13. The maximum atomic E-state index is 14.0. The first-order valence-corrected chi connectivity index (χ1v) is 17.6. The van der Waals surface area contributed by atoms with Crippen LogP contribution in [0.25, 0.3) is 11.3 Å². The van der Waals surface area contributed by atoms with Gasteiger partial charge in [-0.3, -0.25) is 9.59 Å². The van der Waals surface area contributed by atoms with Crippen molar-refractivity contribution < 1.29 is 23.9 Å². The number of benzene rings is 2. The first-order chi connectivity index (χ1) is 19.0. The maximum absolute atomic E-state index is 14.0. The Bertz CT molecular complexity index is 1450. The molecule has 4 amide bonds. The third kappa shape index (κ3) is 5.34. The average molecular weight is 580 g/mol.